The zero-order valence-corrected chi connectivity index (χ0v) is 15.4. The maximum absolute atomic E-state index is 12.7. The second kappa shape index (κ2) is 6.77. The second-order valence-corrected chi connectivity index (χ2v) is 8.92. The molecule has 3 aliphatic rings. The molecule has 0 aromatic carbocycles. The van der Waals surface area contributed by atoms with Crippen molar-refractivity contribution in [3.8, 4) is 0 Å². The Kier molecular flexibility index (Phi) is 4.67. The van der Waals surface area contributed by atoms with E-state index in [4.69, 9.17) is 9.47 Å². The van der Waals surface area contributed by atoms with Crippen LogP contribution in [0.2, 0.25) is 0 Å². The van der Waals surface area contributed by atoms with Crippen molar-refractivity contribution in [1.29, 1.82) is 0 Å². The molecule has 2 aliphatic heterocycles. The van der Waals surface area contributed by atoms with Gasteiger partial charge in [0.2, 0.25) is 0 Å². The lowest BCUT2D eigenvalue weighted by Crippen LogP contribution is -2.30. The number of likely N-dealkylation sites (tertiary alicyclic amines) is 1. The molecule has 4 nitrogen and oxygen atoms in total. The van der Waals surface area contributed by atoms with Gasteiger partial charge in [0, 0.05) is 37.1 Å². The van der Waals surface area contributed by atoms with Crippen molar-refractivity contribution in [2.45, 2.75) is 39.2 Å². The molecule has 0 bridgehead atoms. The van der Waals surface area contributed by atoms with Crippen LogP contribution in [0.3, 0.4) is 0 Å². The molecule has 2 saturated heterocycles. The lowest BCUT2D eigenvalue weighted by Gasteiger charge is -2.19. The van der Waals surface area contributed by atoms with E-state index in [2.05, 4.69) is 13.8 Å². The Morgan fingerprint density at radius 1 is 1.38 bits per heavy atom. The van der Waals surface area contributed by atoms with Crippen molar-refractivity contribution < 1.29 is 14.3 Å². The van der Waals surface area contributed by atoms with Gasteiger partial charge in [-0.2, -0.15) is 0 Å². The quantitative estimate of drug-likeness (QED) is 0.740. The summed E-state index contributed by atoms with van der Waals surface area (Å²) in [5.41, 5.74) is 1.21. The average Bonchev–Trinajstić information content (AvgIpc) is 3.02. The Balaban J connectivity index is 1.30. The van der Waals surface area contributed by atoms with E-state index in [0.29, 0.717) is 11.8 Å². The molecular weight excluding hydrogens is 322 g/mol. The third-order valence-corrected chi connectivity index (χ3v) is 6.93. The fourth-order valence-corrected chi connectivity index (χ4v) is 4.87. The topological polar surface area (TPSA) is 38.8 Å². The van der Waals surface area contributed by atoms with E-state index in [1.54, 1.807) is 11.3 Å². The monoisotopic (exact) mass is 349 g/mol. The van der Waals surface area contributed by atoms with Crippen LogP contribution in [0.15, 0.2) is 6.07 Å². The van der Waals surface area contributed by atoms with Gasteiger partial charge in [0.1, 0.15) is 0 Å². The van der Waals surface area contributed by atoms with Gasteiger partial charge in [-0.3, -0.25) is 4.79 Å². The molecule has 1 aliphatic carbocycles. The molecule has 3 atom stereocenters. The van der Waals surface area contributed by atoms with E-state index in [1.165, 1.54) is 23.3 Å². The lowest BCUT2D eigenvalue weighted by atomic mass is 9.91. The van der Waals surface area contributed by atoms with Crippen LogP contribution in [0.5, 0.6) is 0 Å². The third kappa shape index (κ3) is 3.39. The number of hydrogen-bond donors (Lipinski definition) is 0. The van der Waals surface area contributed by atoms with E-state index in [1.807, 2.05) is 11.0 Å². The summed E-state index contributed by atoms with van der Waals surface area (Å²) >= 11 is 1.61. The minimum atomic E-state index is 0.179. The molecule has 0 N–H and O–H groups in total. The van der Waals surface area contributed by atoms with E-state index in [9.17, 15) is 4.79 Å². The Labute approximate surface area is 148 Å². The molecule has 132 valence electrons. The van der Waals surface area contributed by atoms with Gasteiger partial charge in [0.05, 0.1) is 17.6 Å². The van der Waals surface area contributed by atoms with E-state index < -0.39 is 0 Å². The highest BCUT2D eigenvalue weighted by Gasteiger charge is 2.45. The summed E-state index contributed by atoms with van der Waals surface area (Å²) in [5, 5.41) is 0. The van der Waals surface area contributed by atoms with Crippen LogP contribution in [0.1, 0.15) is 39.4 Å². The first-order chi connectivity index (χ1) is 11.6. The molecule has 1 saturated carbocycles. The molecule has 24 heavy (non-hydrogen) atoms. The normalized spacial score (nSPS) is 29.2. The van der Waals surface area contributed by atoms with Crippen molar-refractivity contribution in [2.75, 3.05) is 32.9 Å². The number of ether oxygens (including phenoxy) is 2. The molecule has 1 aromatic heterocycles. The van der Waals surface area contributed by atoms with Crippen molar-refractivity contribution in [3.63, 3.8) is 0 Å². The fourth-order valence-electron chi connectivity index (χ4n) is 3.87. The average molecular weight is 349 g/mol. The van der Waals surface area contributed by atoms with Gasteiger partial charge >= 0.3 is 0 Å². The predicted octanol–water partition coefficient (Wildman–Crippen LogP) is 3.27. The molecule has 3 heterocycles. The number of amides is 1. The van der Waals surface area contributed by atoms with Gasteiger partial charge in [-0.05, 0) is 56.6 Å². The Bertz CT molecular complexity index is 590. The van der Waals surface area contributed by atoms with E-state index in [0.717, 1.165) is 50.1 Å². The summed E-state index contributed by atoms with van der Waals surface area (Å²) in [6.45, 7) is 8.35. The van der Waals surface area contributed by atoms with Gasteiger partial charge in [0.25, 0.3) is 5.91 Å². The van der Waals surface area contributed by atoms with Crippen LogP contribution in [-0.4, -0.2) is 49.8 Å². The standard InChI is InChI=1S/C19H27NO3S/c1-12-7-18(24-13(12)2)19(21)20-8-16-15(11-23-17(16)9-20)5-6-22-10-14-3-4-14/h7,14-17H,3-6,8-11H2,1-2H3/t15-,16-,17-/m0/s1. The summed E-state index contributed by atoms with van der Waals surface area (Å²) in [7, 11) is 0. The summed E-state index contributed by atoms with van der Waals surface area (Å²) in [6, 6.07) is 2.03. The molecule has 5 heteroatoms. The molecular formula is C19H27NO3S. The first-order valence-corrected chi connectivity index (χ1v) is 9.99. The van der Waals surface area contributed by atoms with Crippen LogP contribution in [0, 0.1) is 31.6 Å². The van der Waals surface area contributed by atoms with Crippen molar-refractivity contribution in [1.82, 2.24) is 4.90 Å². The maximum atomic E-state index is 12.7. The molecule has 1 aromatic rings. The van der Waals surface area contributed by atoms with Gasteiger partial charge in [-0.25, -0.2) is 0 Å². The Hall–Kier alpha value is -0.910. The minimum Gasteiger partial charge on any atom is -0.381 e. The van der Waals surface area contributed by atoms with Crippen LogP contribution in [0.25, 0.3) is 0 Å². The number of carbonyl (C=O) groups excluding carboxylic acids is 1. The smallest absolute Gasteiger partial charge is 0.264 e. The lowest BCUT2D eigenvalue weighted by molar-refractivity contribution is 0.0655. The SMILES string of the molecule is Cc1cc(C(=O)N2C[C@H]3[C@@H](CCOCC4CC4)CO[C@H]3C2)sc1C. The number of rotatable bonds is 6. The first kappa shape index (κ1) is 16.6. The largest absolute Gasteiger partial charge is 0.381 e. The maximum Gasteiger partial charge on any atom is 0.264 e. The molecule has 1 amide bonds. The summed E-state index contributed by atoms with van der Waals surface area (Å²) in [6.07, 6.45) is 3.98. The molecule has 0 unspecified atom stereocenters. The fraction of sp³-hybridized carbons (Fsp3) is 0.737. The van der Waals surface area contributed by atoms with Gasteiger partial charge < -0.3 is 14.4 Å². The van der Waals surface area contributed by atoms with Crippen molar-refractivity contribution in [2.24, 2.45) is 17.8 Å². The number of nitrogens with zero attached hydrogens (tertiary/aromatic N) is 1. The summed E-state index contributed by atoms with van der Waals surface area (Å²) in [4.78, 5) is 16.9. The summed E-state index contributed by atoms with van der Waals surface area (Å²) < 4.78 is 11.8. The highest BCUT2D eigenvalue weighted by Crippen LogP contribution is 2.37. The van der Waals surface area contributed by atoms with Crippen LogP contribution < -0.4 is 0 Å². The predicted molar refractivity (Wildman–Crippen MR) is 94.6 cm³/mol. The van der Waals surface area contributed by atoms with Gasteiger partial charge in [0.15, 0.2) is 0 Å². The van der Waals surface area contributed by atoms with E-state index in [-0.39, 0.29) is 12.0 Å². The summed E-state index contributed by atoms with van der Waals surface area (Å²) in [5.74, 6) is 2.03. The number of hydrogen-bond acceptors (Lipinski definition) is 4. The number of aryl methyl sites for hydroxylation is 2. The number of thiophene rings is 1. The third-order valence-electron chi connectivity index (χ3n) is 5.79. The van der Waals surface area contributed by atoms with Gasteiger partial charge in [-0.15, -0.1) is 11.3 Å². The minimum absolute atomic E-state index is 0.179. The van der Waals surface area contributed by atoms with Crippen molar-refractivity contribution >= 4 is 17.2 Å². The van der Waals surface area contributed by atoms with Crippen LogP contribution >= 0.6 is 11.3 Å². The molecule has 0 radical (unpaired) electrons. The second-order valence-electron chi connectivity index (χ2n) is 7.66. The first-order valence-electron chi connectivity index (χ1n) is 9.17. The van der Waals surface area contributed by atoms with E-state index >= 15 is 0 Å². The molecule has 3 fully saturated rings. The van der Waals surface area contributed by atoms with Crippen LogP contribution in [-0.2, 0) is 9.47 Å². The zero-order chi connectivity index (χ0) is 16.7. The van der Waals surface area contributed by atoms with Crippen molar-refractivity contribution in [3.05, 3.63) is 21.4 Å². The molecule has 4 rings (SSSR count). The highest BCUT2D eigenvalue weighted by molar-refractivity contribution is 7.14. The number of fused-ring (bicyclic) bond motifs is 1. The highest BCUT2D eigenvalue weighted by atomic mass is 32.1. The number of carbonyl (C=O) groups is 1. The Morgan fingerprint density at radius 3 is 2.92 bits per heavy atom. The van der Waals surface area contributed by atoms with Gasteiger partial charge in [-0.1, -0.05) is 0 Å². The molecule has 0 spiro atoms. The zero-order valence-electron chi connectivity index (χ0n) is 14.6. The van der Waals surface area contributed by atoms with Crippen LogP contribution in [0.4, 0.5) is 0 Å². The Morgan fingerprint density at radius 2 is 2.21 bits per heavy atom.